The summed E-state index contributed by atoms with van der Waals surface area (Å²) in [5.74, 6) is 0.561. The van der Waals surface area contributed by atoms with E-state index in [1.54, 1.807) is 12.1 Å². The minimum absolute atomic E-state index is 0.00958. The number of halogens is 1. The van der Waals surface area contributed by atoms with E-state index in [1.807, 2.05) is 31.2 Å². The van der Waals surface area contributed by atoms with E-state index >= 15 is 0 Å². The van der Waals surface area contributed by atoms with Crippen LogP contribution in [0.5, 0.6) is 5.75 Å². The molecule has 1 fully saturated rings. The van der Waals surface area contributed by atoms with Crippen LogP contribution in [0.15, 0.2) is 48.5 Å². The predicted octanol–water partition coefficient (Wildman–Crippen LogP) is 4.22. The van der Waals surface area contributed by atoms with Crippen molar-refractivity contribution in [1.82, 2.24) is 5.32 Å². The maximum atomic E-state index is 12.3. The molecule has 1 aliphatic rings. The summed E-state index contributed by atoms with van der Waals surface area (Å²) in [5, 5.41) is 3.85. The number of carbonyl (C=O) groups is 1. The average Bonchev–Trinajstić information content (AvgIpc) is 2.53. The van der Waals surface area contributed by atoms with Crippen LogP contribution in [0.3, 0.4) is 0 Å². The molecule has 0 radical (unpaired) electrons. The van der Waals surface area contributed by atoms with Crippen LogP contribution < -0.4 is 10.1 Å². The van der Waals surface area contributed by atoms with Crippen molar-refractivity contribution < 1.29 is 9.53 Å². The lowest BCUT2D eigenvalue weighted by Crippen LogP contribution is -2.52. The summed E-state index contributed by atoms with van der Waals surface area (Å²) in [6, 6.07) is 15.5. The van der Waals surface area contributed by atoms with Crippen LogP contribution in [-0.2, 0) is 10.3 Å². The zero-order chi connectivity index (χ0) is 16.3. The van der Waals surface area contributed by atoms with E-state index in [4.69, 9.17) is 16.3 Å². The fourth-order valence-corrected chi connectivity index (χ4v) is 3.05. The highest BCUT2D eigenvalue weighted by Gasteiger charge is 2.39. The van der Waals surface area contributed by atoms with Gasteiger partial charge in [0.25, 0.3) is 5.91 Å². The van der Waals surface area contributed by atoms with Gasteiger partial charge >= 0.3 is 0 Å². The lowest BCUT2D eigenvalue weighted by atomic mass is 9.72. The van der Waals surface area contributed by atoms with E-state index in [0.717, 1.165) is 24.8 Å². The number of hydrogen-bond donors (Lipinski definition) is 1. The molecule has 1 saturated carbocycles. The number of nitrogens with one attached hydrogen (secondary N) is 1. The Morgan fingerprint density at radius 1 is 1.22 bits per heavy atom. The quantitative estimate of drug-likeness (QED) is 0.891. The number of hydrogen-bond acceptors (Lipinski definition) is 2. The Bertz CT molecular complexity index is 696. The molecular weight excluding hydrogens is 310 g/mol. The molecule has 0 aliphatic heterocycles. The van der Waals surface area contributed by atoms with Gasteiger partial charge in [0.2, 0.25) is 0 Å². The second-order valence-electron chi connectivity index (χ2n) is 6.05. The molecule has 2 aromatic rings. The van der Waals surface area contributed by atoms with E-state index in [-0.39, 0.29) is 18.1 Å². The first-order valence-corrected chi connectivity index (χ1v) is 8.22. The van der Waals surface area contributed by atoms with Gasteiger partial charge in [-0.05, 0) is 55.5 Å². The molecule has 1 amide bonds. The van der Waals surface area contributed by atoms with Crippen LogP contribution in [0.2, 0.25) is 5.02 Å². The lowest BCUT2D eigenvalue weighted by molar-refractivity contribution is -0.126. The van der Waals surface area contributed by atoms with E-state index < -0.39 is 0 Å². The van der Waals surface area contributed by atoms with Gasteiger partial charge in [-0.15, -0.1) is 0 Å². The zero-order valence-corrected chi connectivity index (χ0v) is 13.9. The first-order valence-electron chi connectivity index (χ1n) is 7.85. The van der Waals surface area contributed by atoms with E-state index in [2.05, 4.69) is 17.4 Å². The molecule has 23 heavy (non-hydrogen) atoms. The fraction of sp³-hybridized carbons (Fsp3) is 0.316. The molecule has 3 rings (SSSR count). The van der Waals surface area contributed by atoms with Crippen molar-refractivity contribution in [3.05, 3.63) is 64.7 Å². The summed E-state index contributed by atoms with van der Waals surface area (Å²) in [6.45, 7) is 1.92. The van der Waals surface area contributed by atoms with Crippen molar-refractivity contribution in [3.8, 4) is 5.75 Å². The zero-order valence-electron chi connectivity index (χ0n) is 13.1. The highest BCUT2D eigenvalue weighted by atomic mass is 35.5. The maximum absolute atomic E-state index is 12.3. The molecule has 0 unspecified atom stereocenters. The third kappa shape index (κ3) is 3.50. The van der Waals surface area contributed by atoms with Crippen LogP contribution in [0.25, 0.3) is 0 Å². The normalized spacial score (nSPS) is 15.6. The summed E-state index contributed by atoms with van der Waals surface area (Å²) in [6.07, 6.45) is 3.08. The van der Waals surface area contributed by atoms with Crippen molar-refractivity contribution in [2.75, 3.05) is 6.61 Å². The summed E-state index contributed by atoms with van der Waals surface area (Å²) < 4.78 is 5.58. The molecular formula is C19H20ClNO2. The molecule has 1 N–H and O–H groups in total. The fourth-order valence-electron chi connectivity index (χ4n) is 2.93. The molecule has 0 aromatic heterocycles. The SMILES string of the molecule is Cc1cc(OCC(=O)NC2(c3ccccc3)CCC2)ccc1Cl. The minimum Gasteiger partial charge on any atom is -0.484 e. The number of rotatable bonds is 5. The number of ether oxygens (including phenoxy) is 1. The Balaban J connectivity index is 1.61. The van der Waals surface area contributed by atoms with Gasteiger partial charge < -0.3 is 10.1 Å². The Kier molecular flexibility index (Phi) is 4.58. The van der Waals surface area contributed by atoms with Gasteiger partial charge in [0, 0.05) is 5.02 Å². The molecule has 4 heteroatoms. The highest BCUT2D eigenvalue weighted by molar-refractivity contribution is 6.31. The van der Waals surface area contributed by atoms with Gasteiger partial charge in [-0.25, -0.2) is 0 Å². The van der Waals surface area contributed by atoms with Crippen molar-refractivity contribution in [1.29, 1.82) is 0 Å². The molecule has 0 spiro atoms. The first-order chi connectivity index (χ1) is 11.1. The molecule has 1 aliphatic carbocycles. The maximum Gasteiger partial charge on any atom is 0.258 e. The predicted molar refractivity (Wildman–Crippen MR) is 91.8 cm³/mol. The number of carbonyl (C=O) groups excluding carboxylic acids is 1. The van der Waals surface area contributed by atoms with Crippen molar-refractivity contribution >= 4 is 17.5 Å². The van der Waals surface area contributed by atoms with Gasteiger partial charge in [0.15, 0.2) is 6.61 Å². The van der Waals surface area contributed by atoms with E-state index in [1.165, 1.54) is 5.56 Å². The standard InChI is InChI=1S/C19H20ClNO2/c1-14-12-16(8-9-17(14)20)23-13-18(22)21-19(10-5-11-19)15-6-3-2-4-7-15/h2-4,6-9,12H,5,10-11,13H2,1H3,(H,21,22). The van der Waals surface area contributed by atoms with Gasteiger partial charge in [0.1, 0.15) is 5.75 Å². The number of amides is 1. The van der Waals surface area contributed by atoms with Gasteiger partial charge in [-0.3, -0.25) is 4.79 Å². The summed E-state index contributed by atoms with van der Waals surface area (Å²) in [5.41, 5.74) is 1.88. The first kappa shape index (κ1) is 15.9. The Labute approximate surface area is 141 Å². The van der Waals surface area contributed by atoms with Crippen LogP contribution in [-0.4, -0.2) is 12.5 Å². The Morgan fingerprint density at radius 2 is 1.96 bits per heavy atom. The highest BCUT2D eigenvalue weighted by Crippen LogP contribution is 2.41. The molecule has 0 atom stereocenters. The summed E-state index contributed by atoms with van der Waals surface area (Å²) >= 11 is 5.99. The molecule has 3 nitrogen and oxygen atoms in total. The van der Waals surface area contributed by atoms with Crippen molar-refractivity contribution in [2.24, 2.45) is 0 Å². The Morgan fingerprint density at radius 3 is 2.57 bits per heavy atom. The van der Waals surface area contributed by atoms with Crippen molar-refractivity contribution in [3.63, 3.8) is 0 Å². The van der Waals surface area contributed by atoms with Gasteiger partial charge in [-0.2, -0.15) is 0 Å². The third-order valence-corrected chi connectivity index (χ3v) is 4.84. The molecule has 0 heterocycles. The average molecular weight is 330 g/mol. The van der Waals surface area contributed by atoms with Crippen LogP contribution in [0.1, 0.15) is 30.4 Å². The topological polar surface area (TPSA) is 38.3 Å². The Hall–Kier alpha value is -2.00. The minimum atomic E-state index is -0.225. The van der Waals surface area contributed by atoms with Crippen LogP contribution in [0, 0.1) is 6.92 Å². The molecule has 120 valence electrons. The van der Waals surface area contributed by atoms with E-state index in [9.17, 15) is 4.79 Å². The van der Waals surface area contributed by atoms with Crippen molar-refractivity contribution in [2.45, 2.75) is 31.7 Å². The molecule has 2 aromatic carbocycles. The third-order valence-electron chi connectivity index (χ3n) is 4.41. The second-order valence-corrected chi connectivity index (χ2v) is 6.46. The molecule has 0 saturated heterocycles. The smallest absolute Gasteiger partial charge is 0.258 e. The number of aryl methyl sites for hydroxylation is 1. The summed E-state index contributed by atoms with van der Waals surface area (Å²) in [7, 11) is 0. The van der Waals surface area contributed by atoms with Crippen LogP contribution in [0.4, 0.5) is 0 Å². The molecule has 0 bridgehead atoms. The van der Waals surface area contributed by atoms with Crippen LogP contribution >= 0.6 is 11.6 Å². The lowest BCUT2D eigenvalue weighted by Gasteiger charge is -2.43. The van der Waals surface area contributed by atoms with E-state index in [0.29, 0.717) is 10.8 Å². The number of benzene rings is 2. The largest absolute Gasteiger partial charge is 0.484 e. The van der Waals surface area contributed by atoms with Gasteiger partial charge in [0.05, 0.1) is 5.54 Å². The van der Waals surface area contributed by atoms with Gasteiger partial charge in [-0.1, -0.05) is 41.9 Å². The monoisotopic (exact) mass is 329 g/mol. The second kappa shape index (κ2) is 6.63. The summed E-state index contributed by atoms with van der Waals surface area (Å²) in [4.78, 5) is 12.3.